The zero-order chi connectivity index (χ0) is 15.0. The second-order valence-corrected chi connectivity index (χ2v) is 7.66. The van der Waals surface area contributed by atoms with E-state index in [0.717, 1.165) is 13.1 Å². The van der Waals surface area contributed by atoms with Crippen molar-refractivity contribution in [2.45, 2.75) is 30.8 Å². The highest BCUT2D eigenvalue weighted by Gasteiger charge is 2.49. The molecule has 1 aromatic heterocycles. The first kappa shape index (κ1) is 14.4. The highest BCUT2D eigenvalue weighted by atomic mass is 32.1. The number of likely N-dealkylation sites (N-methyl/N-ethyl adjacent to an activating group) is 1. The minimum absolute atomic E-state index is 0.357. The number of hydrogen-bond acceptors (Lipinski definition) is 4. The quantitative estimate of drug-likeness (QED) is 0.868. The molecule has 0 bridgehead atoms. The third kappa shape index (κ3) is 2.39. The molecule has 4 heteroatoms. The van der Waals surface area contributed by atoms with Crippen molar-refractivity contribution in [3.63, 3.8) is 0 Å². The fraction of sp³-hybridized carbons (Fsp3) is 0.500. The monoisotopic (exact) mass is 313 g/mol. The average Bonchev–Trinajstić information content (AvgIpc) is 3.18. The van der Waals surface area contributed by atoms with Crippen LogP contribution in [0.5, 0.6) is 0 Å². The molecule has 2 saturated heterocycles. The summed E-state index contributed by atoms with van der Waals surface area (Å²) < 4.78 is 0. The van der Waals surface area contributed by atoms with Crippen LogP contribution in [0.3, 0.4) is 0 Å². The van der Waals surface area contributed by atoms with Gasteiger partial charge < -0.3 is 4.90 Å². The van der Waals surface area contributed by atoms with E-state index in [1.165, 1.54) is 30.9 Å². The zero-order valence-corrected chi connectivity index (χ0v) is 13.9. The Labute approximate surface area is 136 Å². The van der Waals surface area contributed by atoms with Crippen LogP contribution < -0.4 is 0 Å². The molecule has 0 radical (unpaired) electrons. The van der Waals surface area contributed by atoms with Crippen LogP contribution in [-0.2, 0) is 12.0 Å². The van der Waals surface area contributed by atoms with Crippen molar-refractivity contribution in [3.05, 3.63) is 52.5 Å². The lowest BCUT2D eigenvalue weighted by Gasteiger charge is -2.46. The first-order valence-electron chi connectivity index (χ1n) is 8.14. The topological polar surface area (TPSA) is 19.4 Å². The molecule has 2 atom stereocenters. The Morgan fingerprint density at radius 1 is 1.23 bits per heavy atom. The fourth-order valence-electron chi connectivity index (χ4n) is 4.34. The molecule has 0 spiro atoms. The maximum Gasteiger partial charge on any atom is 0.107 e. The summed E-state index contributed by atoms with van der Waals surface area (Å²) in [6.45, 7) is 4.56. The second kappa shape index (κ2) is 5.76. The predicted octanol–water partition coefficient (Wildman–Crippen LogP) is 2.99. The van der Waals surface area contributed by atoms with Crippen LogP contribution in [0.15, 0.2) is 41.9 Å². The van der Waals surface area contributed by atoms with E-state index in [-0.39, 0.29) is 0 Å². The van der Waals surface area contributed by atoms with Gasteiger partial charge in [0.25, 0.3) is 0 Å². The summed E-state index contributed by atoms with van der Waals surface area (Å²) in [6, 6.07) is 11.8. The highest BCUT2D eigenvalue weighted by Crippen LogP contribution is 2.45. The van der Waals surface area contributed by atoms with Gasteiger partial charge in [0.05, 0.1) is 6.54 Å². The van der Waals surface area contributed by atoms with E-state index in [1.54, 1.807) is 16.9 Å². The van der Waals surface area contributed by atoms with Gasteiger partial charge in [-0.25, -0.2) is 4.98 Å². The average molecular weight is 313 g/mol. The molecule has 2 aliphatic rings. The van der Waals surface area contributed by atoms with Crippen molar-refractivity contribution in [1.29, 1.82) is 0 Å². The Hall–Kier alpha value is -1.23. The molecule has 3 heterocycles. The molecule has 116 valence electrons. The molecule has 2 aromatic rings. The Kier molecular flexibility index (Phi) is 3.76. The SMILES string of the molecule is CN1CC[C@]2(c3ccccc3)CCN(Cc3nccs3)C[C@H]12. The molecule has 22 heavy (non-hydrogen) atoms. The highest BCUT2D eigenvalue weighted by molar-refractivity contribution is 7.09. The number of hydrogen-bond donors (Lipinski definition) is 0. The molecule has 0 aliphatic carbocycles. The Morgan fingerprint density at radius 3 is 2.82 bits per heavy atom. The number of benzene rings is 1. The van der Waals surface area contributed by atoms with E-state index >= 15 is 0 Å². The van der Waals surface area contributed by atoms with Gasteiger partial charge in [0.1, 0.15) is 5.01 Å². The van der Waals surface area contributed by atoms with Gasteiger partial charge in [0.15, 0.2) is 0 Å². The third-order valence-corrected chi connectivity index (χ3v) is 6.34. The summed E-state index contributed by atoms with van der Waals surface area (Å²) >= 11 is 1.77. The van der Waals surface area contributed by atoms with Gasteiger partial charge in [0.2, 0.25) is 0 Å². The predicted molar refractivity (Wildman–Crippen MR) is 91.2 cm³/mol. The number of nitrogens with zero attached hydrogens (tertiary/aromatic N) is 3. The van der Waals surface area contributed by atoms with E-state index in [0.29, 0.717) is 11.5 Å². The molecular weight excluding hydrogens is 290 g/mol. The van der Waals surface area contributed by atoms with Gasteiger partial charge in [-0.2, -0.15) is 0 Å². The van der Waals surface area contributed by atoms with Crippen LogP contribution in [0.2, 0.25) is 0 Å². The van der Waals surface area contributed by atoms with Gasteiger partial charge >= 0.3 is 0 Å². The molecule has 2 aliphatic heterocycles. The summed E-state index contributed by atoms with van der Waals surface area (Å²) in [5.41, 5.74) is 1.90. The summed E-state index contributed by atoms with van der Waals surface area (Å²) in [5.74, 6) is 0. The Bertz CT molecular complexity index is 613. The van der Waals surface area contributed by atoms with Crippen molar-refractivity contribution >= 4 is 11.3 Å². The molecule has 1 aromatic carbocycles. The zero-order valence-electron chi connectivity index (χ0n) is 13.1. The number of thiazole rings is 1. The number of piperidine rings is 1. The minimum Gasteiger partial charge on any atom is -0.301 e. The molecule has 0 unspecified atom stereocenters. The number of likely N-dealkylation sites (tertiary alicyclic amines) is 2. The fourth-order valence-corrected chi connectivity index (χ4v) is 4.99. The first-order valence-corrected chi connectivity index (χ1v) is 9.02. The number of rotatable bonds is 3. The van der Waals surface area contributed by atoms with Crippen LogP contribution in [0.4, 0.5) is 0 Å². The van der Waals surface area contributed by atoms with Gasteiger partial charge in [0, 0.05) is 29.6 Å². The smallest absolute Gasteiger partial charge is 0.107 e. The van der Waals surface area contributed by atoms with Crippen LogP contribution in [-0.4, -0.2) is 47.5 Å². The van der Waals surface area contributed by atoms with E-state index in [9.17, 15) is 0 Å². The number of fused-ring (bicyclic) bond motifs is 1. The molecule has 0 amide bonds. The molecule has 2 fully saturated rings. The Balaban J connectivity index is 1.57. The van der Waals surface area contributed by atoms with Crippen LogP contribution >= 0.6 is 11.3 Å². The van der Waals surface area contributed by atoms with Gasteiger partial charge in [-0.15, -0.1) is 11.3 Å². The maximum absolute atomic E-state index is 4.45. The van der Waals surface area contributed by atoms with Crippen molar-refractivity contribution < 1.29 is 0 Å². The molecule has 3 nitrogen and oxygen atoms in total. The summed E-state index contributed by atoms with van der Waals surface area (Å²) in [5, 5.41) is 3.32. The first-order chi connectivity index (χ1) is 10.8. The third-order valence-electron chi connectivity index (χ3n) is 5.58. The van der Waals surface area contributed by atoms with Crippen molar-refractivity contribution in [1.82, 2.24) is 14.8 Å². The van der Waals surface area contributed by atoms with E-state index in [1.807, 2.05) is 6.20 Å². The molecular formula is C18H23N3S. The van der Waals surface area contributed by atoms with Crippen LogP contribution in [0, 0.1) is 0 Å². The Morgan fingerprint density at radius 2 is 2.05 bits per heavy atom. The standard InChI is InChI=1S/C18H23N3S/c1-20-10-7-18(15-5-3-2-4-6-15)8-11-21(13-16(18)20)14-17-19-9-12-22-17/h2-6,9,12,16H,7-8,10-11,13-14H2,1H3/t16-,18+/m0/s1. The van der Waals surface area contributed by atoms with E-state index < -0.39 is 0 Å². The molecule has 0 saturated carbocycles. The van der Waals surface area contributed by atoms with Crippen molar-refractivity contribution in [2.24, 2.45) is 0 Å². The second-order valence-electron chi connectivity index (χ2n) is 6.68. The van der Waals surface area contributed by atoms with Gasteiger partial charge in [-0.3, -0.25) is 4.90 Å². The number of aromatic nitrogens is 1. The summed E-state index contributed by atoms with van der Waals surface area (Å²) in [6.07, 6.45) is 4.47. The van der Waals surface area contributed by atoms with Crippen molar-refractivity contribution in [3.8, 4) is 0 Å². The van der Waals surface area contributed by atoms with Gasteiger partial charge in [-0.1, -0.05) is 30.3 Å². The van der Waals surface area contributed by atoms with Crippen LogP contribution in [0.1, 0.15) is 23.4 Å². The minimum atomic E-state index is 0.357. The maximum atomic E-state index is 4.45. The molecule has 0 N–H and O–H groups in total. The molecule has 4 rings (SSSR count). The lowest BCUT2D eigenvalue weighted by molar-refractivity contribution is 0.0916. The summed E-state index contributed by atoms with van der Waals surface area (Å²) in [7, 11) is 2.29. The van der Waals surface area contributed by atoms with E-state index in [2.05, 4.69) is 57.5 Å². The van der Waals surface area contributed by atoms with Crippen molar-refractivity contribution in [2.75, 3.05) is 26.7 Å². The van der Waals surface area contributed by atoms with Gasteiger partial charge in [-0.05, 0) is 38.5 Å². The lowest BCUT2D eigenvalue weighted by atomic mass is 9.69. The largest absolute Gasteiger partial charge is 0.301 e. The van der Waals surface area contributed by atoms with Crippen LogP contribution in [0.25, 0.3) is 0 Å². The lowest BCUT2D eigenvalue weighted by Crippen LogP contribution is -2.54. The normalized spacial score (nSPS) is 29.6. The summed E-state index contributed by atoms with van der Waals surface area (Å²) in [4.78, 5) is 9.61. The van der Waals surface area contributed by atoms with E-state index in [4.69, 9.17) is 0 Å².